The highest BCUT2D eigenvalue weighted by atomic mass is 16.6. The van der Waals surface area contributed by atoms with Gasteiger partial charge in [-0.1, -0.05) is 20.3 Å². The lowest BCUT2D eigenvalue weighted by molar-refractivity contribution is -0.162. The summed E-state index contributed by atoms with van der Waals surface area (Å²) in [4.78, 5) is 11.7. The van der Waals surface area contributed by atoms with Crippen LogP contribution in [0.2, 0.25) is 0 Å². The molecule has 2 N–H and O–H groups in total. The van der Waals surface area contributed by atoms with Gasteiger partial charge in [-0.3, -0.25) is 4.79 Å². The molecule has 4 heteroatoms. The van der Waals surface area contributed by atoms with Crippen LogP contribution in [0, 0.1) is 11.3 Å². The molecule has 0 aromatic carbocycles. The molecule has 1 aliphatic rings. The molecule has 0 aromatic heterocycles. The summed E-state index contributed by atoms with van der Waals surface area (Å²) >= 11 is 0. The van der Waals surface area contributed by atoms with Gasteiger partial charge in [0.15, 0.2) is 0 Å². The average molecular weight is 229 g/mol. The van der Waals surface area contributed by atoms with Crippen molar-refractivity contribution in [2.45, 2.75) is 33.1 Å². The largest absolute Gasteiger partial charge is 0.463 e. The topological polar surface area (TPSA) is 61.5 Å². The normalized spacial score (nSPS) is 18.2. The summed E-state index contributed by atoms with van der Waals surface area (Å²) in [6.45, 7) is 6.10. The molecule has 1 rings (SSSR count). The molecule has 0 spiro atoms. The van der Waals surface area contributed by atoms with E-state index in [-0.39, 0.29) is 11.4 Å². The second kappa shape index (κ2) is 6.21. The van der Waals surface area contributed by atoms with E-state index in [4.69, 9.17) is 15.2 Å². The fourth-order valence-corrected chi connectivity index (χ4v) is 1.76. The minimum absolute atomic E-state index is 0.144. The van der Waals surface area contributed by atoms with E-state index in [0.29, 0.717) is 32.3 Å². The van der Waals surface area contributed by atoms with E-state index in [0.717, 1.165) is 19.3 Å². The van der Waals surface area contributed by atoms with Crippen LogP contribution in [0.5, 0.6) is 0 Å². The van der Waals surface area contributed by atoms with Crippen LogP contribution in [0.4, 0.5) is 0 Å². The molecule has 0 unspecified atom stereocenters. The standard InChI is InChI=1S/C12H23NO3/c1-10(2)8-15-6-7-16-11(14)12(9-13)4-3-5-12/h10H,3-9,13H2,1-2H3. The Morgan fingerprint density at radius 3 is 2.50 bits per heavy atom. The molecule has 4 nitrogen and oxygen atoms in total. The van der Waals surface area contributed by atoms with Crippen LogP contribution in [0.1, 0.15) is 33.1 Å². The molecule has 0 atom stereocenters. The van der Waals surface area contributed by atoms with Crippen LogP contribution >= 0.6 is 0 Å². The van der Waals surface area contributed by atoms with Crippen molar-refractivity contribution in [3.8, 4) is 0 Å². The molecule has 1 fully saturated rings. The minimum atomic E-state index is -0.377. The van der Waals surface area contributed by atoms with Crippen molar-refractivity contribution in [2.24, 2.45) is 17.1 Å². The summed E-state index contributed by atoms with van der Waals surface area (Å²) in [5, 5.41) is 0. The highest BCUT2D eigenvalue weighted by Crippen LogP contribution is 2.40. The molecule has 0 saturated heterocycles. The predicted molar refractivity (Wildman–Crippen MR) is 62.0 cm³/mol. The van der Waals surface area contributed by atoms with E-state index < -0.39 is 0 Å². The summed E-state index contributed by atoms with van der Waals surface area (Å²) in [5.74, 6) is 0.368. The fourth-order valence-electron chi connectivity index (χ4n) is 1.76. The summed E-state index contributed by atoms with van der Waals surface area (Å²) in [6.07, 6.45) is 2.82. The monoisotopic (exact) mass is 229 g/mol. The number of rotatable bonds is 7. The Morgan fingerprint density at radius 1 is 1.38 bits per heavy atom. The highest BCUT2D eigenvalue weighted by molar-refractivity contribution is 5.78. The third kappa shape index (κ3) is 3.46. The number of hydrogen-bond acceptors (Lipinski definition) is 4. The van der Waals surface area contributed by atoms with Gasteiger partial charge < -0.3 is 15.2 Å². The molecule has 0 aliphatic heterocycles. The maximum Gasteiger partial charge on any atom is 0.313 e. The second-order valence-electron chi connectivity index (χ2n) is 4.94. The first kappa shape index (κ1) is 13.5. The molecule has 94 valence electrons. The Balaban J connectivity index is 2.10. The average Bonchev–Trinajstić information content (AvgIpc) is 2.16. The Morgan fingerprint density at radius 2 is 2.06 bits per heavy atom. The summed E-state index contributed by atoms with van der Waals surface area (Å²) < 4.78 is 10.5. The Labute approximate surface area is 97.5 Å². The van der Waals surface area contributed by atoms with Crippen LogP contribution in [-0.2, 0) is 14.3 Å². The Kier molecular flexibility index (Phi) is 5.22. The van der Waals surface area contributed by atoms with E-state index >= 15 is 0 Å². The van der Waals surface area contributed by atoms with Gasteiger partial charge in [-0.15, -0.1) is 0 Å². The zero-order valence-corrected chi connectivity index (χ0v) is 10.3. The van der Waals surface area contributed by atoms with Gasteiger partial charge in [0.2, 0.25) is 0 Å². The van der Waals surface area contributed by atoms with Gasteiger partial charge in [0, 0.05) is 13.2 Å². The molecule has 0 aromatic rings. The third-order valence-corrected chi connectivity index (χ3v) is 3.05. The van der Waals surface area contributed by atoms with E-state index in [1.807, 2.05) is 0 Å². The first-order valence-electron chi connectivity index (χ1n) is 6.06. The van der Waals surface area contributed by atoms with Crippen molar-refractivity contribution in [1.82, 2.24) is 0 Å². The van der Waals surface area contributed by atoms with Crippen LogP contribution in [0.3, 0.4) is 0 Å². The van der Waals surface area contributed by atoms with Gasteiger partial charge in [0.05, 0.1) is 12.0 Å². The lowest BCUT2D eigenvalue weighted by atomic mass is 9.69. The van der Waals surface area contributed by atoms with Crippen molar-refractivity contribution in [1.29, 1.82) is 0 Å². The fraction of sp³-hybridized carbons (Fsp3) is 0.917. The summed E-state index contributed by atoms with van der Waals surface area (Å²) in [5.41, 5.74) is 5.23. The number of carbonyl (C=O) groups is 1. The van der Waals surface area contributed by atoms with Gasteiger partial charge in [-0.2, -0.15) is 0 Å². The molecule has 1 aliphatic carbocycles. The zero-order chi connectivity index (χ0) is 12.0. The van der Waals surface area contributed by atoms with Gasteiger partial charge in [0.1, 0.15) is 6.61 Å². The van der Waals surface area contributed by atoms with Gasteiger partial charge in [-0.05, 0) is 18.8 Å². The minimum Gasteiger partial charge on any atom is -0.463 e. The SMILES string of the molecule is CC(C)COCCOC(=O)C1(CN)CCC1. The molecule has 16 heavy (non-hydrogen) atoms. The number of ether oxygens (including phenoxy) is 2. The van der Waals surface area contributed by atoms with Gasteiger partial charge >= 0.3 is 5.97 Å². The molecule has 0 heterocycles. The lowest BCUT2D eigenvalue weighted by Gasteiger charge is -2.37. The van der Waals surface area contributed by atoms with E-state index in [2.05, 4.69) is 13.8 Å². The zero-order valence-electron chi connectivity index (χ0n) is 10.3. The number of nitrogens with two attached hydrogens (primary N) is 1. The molecule has 0 bridgehead atoms. The van der Waals surface area contributed by atoms with Crippen molar-refractivity contribution in [3.05, 3.63) is 0 Å². The van der Waals surface area contributed by atoms with Crippen LogP contribution in [-0.4, -0.2) is 32.3 Å². The Bertz CT molecular complexity index is 219. The van der Waals surface area contributed by atoms with Crippen LogP contribution in [0.25, 0.3) is 0 Å². The van der Waals surface area contributed by atoms with Crippen LogP contribution < -0.4 is 5.73 Å². The molecular formula is C12H23NO3. The lowest BCUT2D eigenvalue weighted by Crippen LogP contribution is -2.45. The number of hydrogen-bond donors (Lipinski definition) is 1. The first-order valence-corrected chi connectivity index (χ1v) is 6.06. The van der Waals surface area contributed by atoms with Crippen molar-refractivity contribution in [3.63, 3.8) is 0 Å². The third-order valence-electron chi connectivity index (χ3n) is 3.05. The second-order valence-corrected chi connectivity index (χ2v) is 4.94. The van der Waals surface area contributed by atoms with Crippen LogP contribution in [0.15, 0.2) is 0 Å². The highest BCUT2D eigenvalue weighted by Gasteiger charge is 2.44. The van der Waals surface area contributed by atoms with Gasteiger partial charge in [0.25, 0.3) is 0 Å². The summed E-state index contributed by atoms with van der Waals surface area (Å²) in [6, 6.07) is 0. The van der Waals surface area contributed by atoms with E-state index in [1.54, 1.807) is 0 Å². The smallest absolute Gasteiger partial charge is 0.313 e. The van der Waals surface area contributed by atoms with Crippen molar-refractivity contribution < 1.29 is 14.3 Å². The maximum atomic E-state index is 11.7. The quantitative estimate of drug-likeness (QED) is 0.528. The van der Waals surface area contributed by atoms with Crippen molar-refractivity contribution >= 4 is 5.97 Å². The molecule has 0 amide bonds. The summed E-state index contributed by atoms with van der Waals surface area (Å²) in [7, 11) is 0. The molecular weight excluding hydrogens is 206 g/mol. The number of carbonyl (C=O) groups excluding carboxylic acids is 1. The predicted octanol–water partition coefficient (Wildman–Crippen LogP) is 1.33. The number of esters is 1. The van der Waals surface area contributed by atoms with Gasteiger partial charge in [-0.25, -0.2) is 0 Å². The van der Waals surface area contributed by atoms with E-state index in [1.165, 1.54) is 0 Å². The first-order chi connectivity index (χ1) is 7.60. The molecule has 0 radical (unpaired) electrons. The molecule has 1 saturated carbocycles. The van der Waals surface area contributed by atoms with E-state index in [9.17, 15) is 4.79 Å². The van der Waals surface area contributed by atoms with Crippen molar-refractivity contribution in [2.75, 3.05) is 26.4 Å². The maximum absolute atomic E-state index is 11.7. The Hall–Kier alpha value is -0.610.